The van der Waals surface area contributed by atoms with Crippen molar-refractivity contribution in [3.63, 3.8) is 0 Å². The van der Waals surface area contributed by atoms with E-state index < -0.39 is 9.84 Å². The summed E-state index contributed by atoms with van der Waals surface area (Å²) in [6, 6.07) is 5.21. The van der Waals surface area contributed by atoms with E-state index in [1.807, 2.05) is 0 Å². The van der Waals surface area contributed by atoms with Gasteiger partial charge in [0, 0.05) is 12.0 Å². The van der Waals surface area contributed by atoms with Crippen LogP contribution < -0.4 is 5.32 Å². The lowest BCUT2D eigenvalue weighted by Crippen LogP contribution is -2.40. The van der Waals surface area contributed by atoms with E-state index in [1.54, 1.807) is 18.2 Å². The molecule has 0 amide bonds. The number of hydrogen-bond acceptors (Lipinski definition) is 3. The van der Waals surface area contributed by atoms with E-state index in [2.05, 4.69) is 5.32 Å². The Hall–Kier alpha value is -0.740. The number of nitrogens with one attached hydrogen (secondary N) is 1. The van der Waals surface area contributed by atoms with Crippen LogP contribution in [-0.4, -0.2) is 20.7 Å². The monoisotopic (exact) mass is 271 g/mol. The summed E-state index contributed by atoms with van der Waals surface area (Å²) in [5.41, 5.74) is 0.586. The molecule has 3 rings (SSSR count). The second-order valence-electron chi connectivity index (χ2n) is 5.08. The highest BCUT2D eigenvalue weighted by Gasteiger charge is 2.44. The van der Waals surface area contributed by atoms with Gasteiger partial charge in [-0.2, -0.15) is 0 Å². The molecule has 0 unspecified atom stereocenters. The Balaban J connectivity index is 2.14. The molecule has 1 aliphatic carbocycles. The van der Waals surface area contributed by atoms with Crippen LogP contribution in [0, 0.1) is 5.41 Å². The summed E-state index contributed by atoms with van der Waals surface area (Å²) in [6.07, 6.45) is 3.11. The maximum absolute atomic E-state index is 12.4. The van der Waals surface area contributed by atoms with Crippen molar-refractivity contribution in [1.82, 2.24) is 0 Å². The summed E-state index contributed by atoms with van der Waals surface area (Å²) in [7, 11) is -3.27. The number of sulfone groups is 1. The molecule has 1 aliphatic heterocycles. The third-order valence-electron chi connectivity index (χ3n) is 3.84. The zero-order chi connectivity index (χ0) is 12.1. The first-order valence-electron chi connectivity index (χ1n) is 5.78. The Morgan fingerprint density at radius 1 is 1.29 bits per heavy atom. The molecule has 1 saturated carbocycles. The van der Waals surface area contributed by atoms with E-state index in [4.69, 9.17) is 11.6 Å². The molecule has 1 heterocycles. The lowest BCUT2D eigenvalue weighted by Gasteiger charge is -2.40. The first-order valence-corrected chi connectivity index (χ1v) is 7.81. The van der Waals surface area contributed by atoms with Crippen LogP contribution in [0.15, 0.2) is 23.1 Å². The summed E-state index contributed by atoms with van der Waals surface area (Å²) >= 11 is 6.03. The van der Waals surface area contributed by atoms with Crippen LogP contribution in [0.25, 0.3) is 0 Å². The maximum atomic E-state index is 12.4. The van der Waals surface area contributed by atoms with E-state index in [-0.39, 0.29) is 16.1 Å². The Bertz CT molecular complexity index is 564. The third kappa shape index (κ3) is 1.74. The molecular weight excluding hydrogens is 258 g/mol. The van der Waals surface area contributed by atoms with Gasteiger partial charge < -0.3 is 5.32 Å². The minimum Gasteiger partial charge on any atom is -0.383 e. The SMILES string of the molecule is O=S1(=O)CC2(CCC2)CNc2cccc(Cl)c21. The summed E-state index contributed by atoms with van der Waals surface area (Å²) in [5, 5.41) is 3.58. The lowest BCUT2D eigenvalue weighted by atomic mass is 9.70. The van der Waals surface area contributed by atoms with Gasteiger partial charge in [-0.1, -0.05) is 24.1 Å². The van der Waals surface area contributed by atoms with E-state index >= 15 is 0 Å². The van der Waals surface area contributed by atoms with Crippen LogP contribution >= 0.6 is 11.6 Å². The molecule has 0 atom stereocenters. The fraction of sp³-hybridized carbons (Fsp3) is 0.500. The first-order chi connectivity index (χ1) is 8.03. The lowest BCUT2D eigenvalue weighted by molar-refractivity contribution is 0.184. The molecule has 1 fully saturated rings. The smallest absolute Gasteiger partial charge is 0.182 e. The molecule has 3 nitrogen and oxygen atoms in total. The number of anilines is 1. The number of halogens is 1. The van der Waals surface area contributed by atoms with E-state index in [0.717, 1.165) is 25.8 Å². The van der Waals surface area contributed by atoms with Gasteiger partial charge in [0.05, 0.1) is 16.5 Å². The molecular formula is C12H14ClNO2S. The molecule has 2 aliphatic rings. The summed E-state index contributed by atoms with van der Waals surface area (Å²) < 4.78 is 24.8. The first kappa shape index (κ1) is 11.4. The van der Waals surface area contributed by atoms with Gasteiger partial charge in [-0.05, 0) is 25.0 Å². The van der Waals surface area contributed by atoms with E-state index in [0.29, 0.717) is 10.7 Å². The van der Waals surface area contributed by atoms with Crippen LogP contribution in [-0.2, 0) is 9.84 Å². The standard InChI is InChI=1S/C12H14ClNO2S/c13-9-3-1-4-10-11(9)17(15,16)8-12(7-14-10)5-2-6-12/h1,3-4,14H,2,5-8H2. The molecule has 1 aromatic carbocycles. The summed E-state index contributed by atoms with van der Waals surface area (Å²) in [6.45, 7) is 0.736. The second-order valence-corrected chi connectivity index (χ2v) is 7.42. The van der Waals surface area contributed by atoms with Crippen molar-refractivity contribution in [3.05, 3.63) is 23.2 Å². The molecule has 1 N–H and O–H groups in total. The topological polar surface area (TPSA) is 46.2 Å². The second kappa shape index (κ2) is 3.62. The Morgan fingerprint density at radius 3 is 2.71 bits per heavy atom. The molecule has 0 radical (unpaired) electrons. The van der Waals surface area contributed by atoms with Crippen LogP contribution in [0.1, 0.15) is 19.3 Å². The third-order valence-corrected chi connectivity index (χ3v) is 6.32. The molecule has 0 saturated heterocycles. The predicted octanol–water partition coefficient (Wildman–Crippen LogP) is 2.71. The van der Waals surface area contributed by atoms with Gasteiger partial charge in [0.25, 0.3) is 0 Å². The minimum atomic E-state index is -3.27. The van der Waals surface area contributed by atoms with Crippen molar-refractivity contribution in [2.24, 2.45) is 5.41 Å². The highest BCUT2D eigenvalue weighted by Crippen LogP contribution is 2.46. The molecule has 5 heteroatoms. The van der Waals surface area contributed by atoms with Gasteiger partial charge in [-0.3, -0.25) is 0 Å². The number of benzene rings is 1. The van der Waals surface area contributed by atoms with Crippen molar-refractivity contribution in [1.29, 1.82) is 0 Å². The molecule has 0 bridgehead atoms. The molecule has 0 aromatic heterocycles. The van der Waals surface area contributed by atoms with Crippen molar-refractivity contribution in [2.45, 2.75) is 24.2 Å². The quantitative estimate of drug-likeness (QED) is 0.789. The summed E-state index contributed by atoms with van der Waals surface area (Å²) in [4.78, 5) is 0.283. The highest BCUT2D eigenvalue weighted by molar-refractivity contribution is 7.91. The maximum Gasteiger partial charge on any atom is 0.182 e. The summed E-state index contributed by atoms with van der Waals surface area (Å²) in [5.74, 6) is 0.226. The molecule has 1 spiro atoms. The van der Waals surface area contributed by atoms with Crippen molar-refractivity contribution in [2.75, 3.05) is 17.6 Å². The van der Waals surface area contributed by atoms with E-state index in [9.17, 15) is 8.42 Å². The number of hydrogen-bond donors (Lipinski definition) is 1. The average Bonchev–Trinajstić information content (AvgIpc) is 2.33. The average molecular weight is 272 g/mol. The normalized spacial score (nSPS) is 24.3. The Kier molecular flexibility index (Phi) is 2.42. The number of rotatable bonds is 0. The largest absolute Gasteiger partial charge is 0.383 e. The van der Waals surface area contributed by atoms with Gasteiger partial charge in [0.1, 0.15) is 4.90 Å². The van der Waals surface area contributed by atoms with Crippen LogP contribution in [0.4, 0.5) is 5.69 Å². The van der Waals surface area contributed by atoms with Crippen molar-refractivity contribution >= 4 is 27.1 Å². The van der Waals surface area contributed by atoms with Gasteiger partial charge in [0.15, 0.2) is 9.84 Å². The van der Waals surface area contributed by atoms with Gasteiger partial charge in [-0.25, -0.2) is 8.42 Å². The van der Waals surface area contributed by atoms with Crippen LogP contribution in [0.3, 0.4) is 0 Å². The Morgan fingerprint density at radius 2 is 2.06 bits per heavy atom. The number of fused-ring (bicyclic) bond motifs is 1. The predicted molar refractivity (Wildman–Crippen MR) is 68.3 cm³/mol. The van der Waals surface area contributed by atoms with Gasteiger partial charge >= 0.3 is 0 Å². The minimum absolute atomic E-state index is 0.0683. The highest BCUT2D eigenvalue weighted by atomic mass is 35.5. The van der Waals surface area contributed by atoms with Crippen LogP contribution in [0.5, 0.6) is 0 Å². The molecule has 92 valence electrons. The Labute approximate surface area is 106 Å². The van der Waals surface area contributed by atoms with Crippen LogP contribution in [0.2, 0.25) is 5.02 Å². The molecule has 17 heavy (non-hydrogen) atoms. The zero-order valence-corrected chi connectivity index (χ0v) is 10.9. The fourth-order valence-corrected chi connectivity index (χ4v) is 5.48. The van der Waals surface area contributed by atoms with Gasteiger partial charge in [-0.15, -0.1) is 0 Å². The van der Waals surface area contributed by atoms with Gasteiger partial charge in [0.2, 0.25) is 0 Å². The zero-order valence-electron chi connectivity index (χ0n) is 9.37. The van der Waals surface area contributed by atoms with Crippen molar-refractivity contribution in [3.8, 4) is 0 Å². The van der Waals surface area contributed by atoms with Crippen molar-refractivity contribution < 1.29 is 8.42 Å². The van der Waals surface area contributed by atoms with E-state index in [1.165, 1.54) is 0 Å². The fourth-order valence-electron chi connectivity index (χ4n) is 2.77. The molecule has 1 aromatic rings.